The van der Waals surface area contributed by atoms with E-state index in [0.717, 1.165) is 38.4 Å². The van der Waals surface area contributed by atoms with Gasteiger partial charge in [0.1, 0.15) is 0 Å². The number of carbonyl (C=O) groups is 1. The van der Waals surface area contributed by atoms with Gasteiger partial charge in [0.15, 0.2) is 11.6 Å². The van der Waals surface area contributed by atoms with Gasteiger partial charge in [-0.05, 0) is 44.7 Å². The third-order valence-corrected chi connectivity index (χ3v) is 6.19. The minimum absolute atomic E-state index is 0.138. The number of benzene rings is 1. The monoisotopic (exact) mass is 334 g/mol. The number of rotatable bonds is 3. The number of nitrogens with zero attached hydrogens (tertiary/aromatic N) is 2. The minimum atomic E-state index is -0.844. The van der Waals surface area contributed by atoms with Gasteiger partial charge < -0.3 is 4.90 Å². The molecule has 2 aliphatic heterocycles. The van der Waals surface area contributed by atoms with E-state index in [1.165, 1.54) is 25.3 Å². The van der Waals surface area contributed by atoms with E-state index in [0.29, 0.717) is 12.6 Å². The zero-order valence-electron chi connectivity index (χ0n) is 13.9. The number of likely N-dealkylation sites (tertiary alicyclic amines) is 2. The Morgan fingerprint density at radius 3 is 2.71 bits per heavy atom. The lowest BCUT2D eigenvalue weighted by molar-refractivity contribution is -0.146. The smallest absolute Gasteiger partial charge is 0.230 e. The average molecular weight is 334 g/mol. The number of hydrogen-bond acceptors (Lipinski definition) is 2. The zero-order valence-corrected chi connectivity index (χ0v) is 13.9. The van der Waals surface area contributed by atoms with Crippen molar-refractivity contribution < 1.29 is 13.6 Å². The molecule has 0 aromatic heterocycles. The van der Waals surface area contributed by atoms with Crippen LogP contribution in [-0.4, -0.2) is 41.4 Å². The molecule has 3 nitrogen and oxygen atoms in total. The molecule has 2 saturated heterocycles. The lowest BCUT2D eigenvalue weighted by Crippen LogP contribution is -2.50. The normalized spacial score (nSPS) is 28.6. The molecule has 5 heteroatoms. The van der Waals surface area contributed by atoms with Crippen molar-refractivity contribution in [1.29, 1.82) is 0 Å². The zero-order chi connectivity index (χ0) is 16.7. The van der Waals surface area contributed by atoms with Crippen LogP contribution in [0.3, 0.4) is 0 Å². The number of amides is 1. The van der Waals surface area contributed by atoms with Crippen LogP contribution in [0.1, 0.15) is 44.1 Å². The Bertz CT molecular complexity index is 646. The van der Waals surface area contributed by atoms with Crippen molar-refractivity contribution in [3.8, 4) is 0 Å². The van der Waals surface area contributed by atoms with Crippen LogP contribution in [0.4, 0.5) is 8.78 Å². The van der Waals surface area contributed by atoms with Crippen molar-refractivity contribution in [2.24, 2.45) is 5.41 Å². The number of hydrogen-bond donors (Lipinski definition) is 0. The summed E-state index contributed by atoms with van der Waals surface area (Å²) in [5.41, 5.74) is -0.0216. The first-order chi connectivity index (χ1) is 11.6. The van der Waals surface area contributed by atoms with Gasteiger partial charge in [-0.25, -0.2) is 8.78 Å². The molecule has 0 bridgehead atoms. The van der Waals surface area contributed by atoms with Crippen molar-refractivity contribution in [2.75, 3.05) is 19.6 Å². The maximum absolute atomic E-state index is 14.0. The van der Waals surface area contributed by atoms with E-state index >= 15 is 0 Å². The fraction of sp³-hybridized carbons (Fsp3) is 0.632. The second-order valence-electron chi connectivity index (χ2n) is 7.63. The summed E-state index contributed by atoms with van der Waals surface area (Å²) in [6.45, 7) is 2.66. The van der Waals surface area contributed by atoms with Gasteiger partial charge in [0.2, 0.25) is 5.91 Å². The molecule has 1 aromatic carbocycles. The summed E-state index contributed by atoms with van der Waals surface area (Å²) in [7, 11) is 0. The predicted octanol–water partition coefficient (Wildman–Crippen LogP) is 3.33. The van der Waals surface area contributed by atoms with E-state index in [2.05, 4.69) is 4.90 Å². The van der Waals surface area contributed by atoms with Crippen LogP contribution in [0, 0.1) is 17.0 Å². The molecule has 1 atom stereocenters. The van der Waals surface area contributed by atoms with Gasteiger partial charge >= 0.3 is 0 Å². The fourth-order valence-electron chi connectivity index (χ4n) is 4.53. The first-order valence-electron chi connectivity index (χ1n) is 9.05. The lowest BCUT2D eigenvalue weighted by Gasteiger charge is -2.41. The van der Waals surface area contributed by atoms with Crippen LogP contribution in [-0.2, 0) is 11.3 Å². The Morgan fingerprint density at radius 1 is 1.12 bits per heavy atom. The summed E-state index contributed by atoms with van der Waals surface area (Å²) in [5.74, 6) is -1.53. The molecule has 0 N–H and O–H groups in total. The van der Waals surface area contributed by atoms with Gasteiger partial charge in [-0.2, -0.15) is 0 Å². The summed E-state index contributed by atoms with van der Waals surface area (Å²) in [4.78, 5) is 17.3. The first kappa shape index (κ1) is 16.0. The number of carbonyl (C=O) groups excluding carboxylic acids is 1. The minimum Gasteiger partial charge on any atom is -0.338 e. The molecular formula is C19H24F2N2O. The molecule has 1 aliphatic carbocycles. The Balaban J connectivity index is 1.49. The quantitative estimate of drug-likeness (QED) is 0.846. The molecule has 1 amide bonds. The third-order valence-electron chi connectivity index (χ3n) is 6.19. The van der Waals surface area contributed by atoms with Gasteiger partial charge in [0.25, 0.3) is 0 Å². The highest BCUT2D eigenvalue weighted by atomic mass is 19.2. The van der Waals surface area contributed by atoms with Crippen molar-refractivity contribution in [3.05, 3.63) is 35.4 Å². The van der Waals surface area contributed by atoms with Crippen molar-refractivity contribution in [1.82, 2.24) is 9.80 Å². The first-order valence-corrected chi connectivity index (χ1v) is 9.05. The highest BCUT2D eigenvalue weighted by molar-refractivity contribution is 5.84. The summed E-state index contributed by atoms with van der Waals surface area (Å²) in [6, 6.07) is 4.85. The second-order valence-corrected chi connectivity index (χ2v) is 7.63. The molecule has 3 aliphatic rings. The lowest BCUT2D eigenvalue weighted by atomic mass is 9.78. The molecule has 1 saturated carbocycles. The fourth-order valence-corrected chi connectivity index (χ4v) is 4.53. The Hall–Kier alpha value is -1.49. The molecule has 24 heavy (non-hydrogen) atoms. The maximum Gasteiger partial charge on any atom is 0.230 e. The highest BCUT2D eigenvalue weighted by Crippen LogP contribution is 2.43. The standard InChI is InChI=1S/C19H24F2N2O/c20-16-7-1-4-14(17(16)21)12-22-10-3-8-19(18(22)24)9-11-23(13-19)15-5-2-6-15/h1,4,7,15H,2-3,5-6,8-13H2/t19-/m1/s1. The van der Waals surface area contributed by atoms with Gasteiger partial charge in [-0.3, -0.25) is 9.69 Å². The van der Waals surface area contributed by atoms with Crippen LogP contribution in [0.25, 0.3) is 0 Å². The Labute approximate surface area is 141 Å². The van der Waals surface area contributed by atoms with Crippen molar-refractivity contribution >= 4 is 5.91 Å². The Kier molecular flexibility index (Phi) is 4.07. The van der Waals surface area contributed by atoms with Crippen LogP contribution in [0.2, 0.25) is 0 Å². The molecule has 1 aromatic rings. The second kappa shape index (κ2) is 6.10. The van der Waals surface area contributed by atoms with Crippen LogP contribution in [0.5, 0.6) is 0 Å². The molecule has 0 radical (unpaired) electrons. The third kappa shape index (κ3) is 2.63. The number of piperidine rings is 1. The maximum atomic E-state index is 14.0. The van der Waals surface area contributed by atoms with Crippen LogP contribution >= 0.6 is 0 Å². The van der Waals surface area contributed by atoms with E-state index in [4.69, 9.17) is 0 Å². The van der Waals surface area contributed by atoms with Crippen LogP contribution in [0.15, 0.2) is 18.2 Å². The van der Waals surface area contributed by atoms with E-state index in [-0.39, 0.29) is 23.4 Å². The number of halogens is 2. The molecule has 4 rings (SSSR count). The van der Waals surface area contributed by atoms with Gasteiger partial charge in [0, 0.05) is 31.2 Å². The summed E-state index contributed by atoms with van der Waals surface area (Å²) >= 11 is 0. The van der Waals surface area contributed by atoms with Gasteiger partial charge in [-0.1, -0.05) is 18.6 Å². The predicted molar refractivity (Wildman–Crippen MR) is 87.3 cm³/mol. The summed E-state index contributed by atoms with van der Waals surface area (Å²) < 4.78 is 27.4. The van der Waals surface area contributed by atoms with E-state index in [9.17, 15) is 13.6 Å². The topological polar surface area (TPSA) is 23.6 Å². The molecule has 3 fully saturated rings. The summed E-state index contributed by atoms with van der Waals surface area (Å²) in [6.07, 6.45) is 6.58. The summed E-state index contributed by atoms with van der Waals surface area (Å²) in [5, 5.41) is 0. The molecule has 130 valence electrons. The highest BCUT2D eigenvalue weighted by Gasteiger charge is 2.49. The van der Waals surface area contributed by atoms with E-state index in [1.54, 1.807) is 11.0 Å². The van der Waals surface area contributed by atoms with E-state index in [1.807, 2.05) is 0 Å². The van der Waals surface area contributed by atoms with Crippen molar-refractivity contribution in [2.45, 2.75) is 51.1 Å². The van der Waals surface area contributed by atoms with E-state index < -0.39 is 11.6 Å². The molecule has 0 unspecified atom stereocenters. The average Bonchev–Trinajstić information content (AvgIpc) is 2.92. The largest absolute Gasteiger partial charge is 0.338 e. The van der Waals surface area contributed by atoms with Crippen LogP contribution < -0.4 is 0 Å². The SMILES string of the molecule is O=C1N(Cc2cccc(F)c2F)CCC[C@]12CCN(C1CCC1)C2. The molecular weight excluding hydrogens is 310 g/mol. The van der Waals surface area contributed by atoms with Crippen molar-refractivity contribution in [3.63, 3.8) is 0 Å². The van der Waals surface area contributed by atoms with Gasteiger partial charge in [-0.15, -0.1) is 0 Å². The Morgan fingerprint density at radius 2 is 1.96 bits per heavy atom. The molecule has 2 heterocycles. The van der Waals surface area contributed by atoms with Gasteiger partial charge in [0.05, 0.1) is 5.41 Å². The molecule has 1 spiro atoms.